The first-order valence-electron chi connectivity index (χ1n) is 5.50. The Balaban J connectivity index is 2.67. The van der Waals surface area contributed by atoms with Crippen molar-refractivity contribution in [1.29, 1.82) is 0 Å². The second-order valence-electron chi connectivity index (χ2n) is 3.88. The molecule has 3 N–H and O–H groups in total. The number of carbonyl (C=O) groups is 2. The van der Waals surface area contributed by atoms with Gasteiger partial charge < -0.3 is 15.7 Å². The van der Waals surface area contributed by atoms with Crippen LogP contribution in [0.2, 0.25) is 0 Å². The van der Waals surface area contributed by atoms with Gasteiger partial charge in [-0.2, -0.15) is 0 Å². The van der Waals surface area contributed by atoms with Gasteiger partial charge in [0.15, 0.2) is 0 Å². The summed E-state index contributed by atoms with van der Waals surface area (Å²) in [5.41, 5.74) is 1.66. The van der Waals surface area contributed by atoms with E-state index in [9.17, 15) is 9.59 Å². The summed E-state index contributed by atoms with van der Waals surface area (Å²) in [6, 6.07) is 4.06. The van der Waals surface area contributed by atoms with Crippen LogP contribution in [-0.2, 0) is 4.79 Å². The maximum absolute atomic E-state index is 11.6. The number of benzene rings is 1. The van der Waals surface area contributed by atoms with Crippen LogP contribution in [-0.4, -0.2) is 23.1 Å². The van der Waals surface area contributed by atoms with Crippen molar-refractivity contribution in [3.05, 3.63) is 28.2 Å². The van der Waals surface area contributed by atoms with Crippen molar-refractivity contribution < 1.29 is 14.7 Å². The zero-order chi connectivity index (χ0) is 13.7. The summed E-state index contributed by atoms with van der Waals surface area (Å²) in [4.78, 5) is 22.4. The highest BCUT2D eigenvalue weighted by molar-refractivity contribution is 9.10. The predicted molar refractivity (Wildman–Crippen MR) is 72.7 cm³/mol. The molecule has 0 saturated carbocycles. The monoisotopic (exact) mass is 314 g/mol. The fourth-order valence-corrected chi connectivity index (χ4v) is 1.97. The minimum Gasteiger partial charge on any atom is -0.480 e. The average molecular weight is 315 g/mol. The van der Waals surface area contributed by atoms with E-state index >= 15 is 0 Å². The molecule has 98 valence electrons. The first kappa shape index (κ1) is 14.5. The molecular formula is C12H15BrN2O3. The van der Waals surface area contributed by atoms with Crippen LogP contribution in [0.3, 0.4) is 0 Å². The van der Waals surface area contributed by atoms with E-state index in [4.69, 9.17) is 5.11 Å². The van der Waals surface area contributed by atoms with E-state index in [0.29, 0.717) is 12.1 Å². The minimum atomic E-state index is -1.05. The van der Waals surface area contributed by atoms with E-state index in [2.05, 4.69) is 26.6 Å². The Morgan fingerprint density at radius 3 is 2.61 bits per heavy atom. The molecule has 1 rings (SSSR count). The van der Waals surface area contributed by atoms with E-state index in [1.54, 1.807) is 13.0 Å². The normalized spacial score (nSPS) is 11.7. The highest BCUT2D eigenvalue weighted by atomic mass is 79.9. The number of carboxylic acids is 1. The number of aryl methyl sites for hydroxylation is 1. The number of anilines is 1. The lowest BCUT2D eigenvalue weighted by molar-refractivity contribution is -0.139. The zero-order valence-corrected chi connectivity index (χ0v) is 11.7. The predicted octanol–water partition coefficient (Wildman–Crippen LogP) is 2.74. The third kappa shape index (κ3) is 4.03. The summed E-state index contributed by atoms with van der Waals surface area (Å²) in [6.07, 6.45) is 0.331. The fraction of sp³-hybridized carbons (Fsp3) is 0.333. The summed E-state index contributed by atoms with van der Waals surface area (Å²) in [5.74, 6) is -1.05. The number of amides is 2. The molecule has 6 heteroatoms. The number of rotatable bonds is 4. The number of carbonyl (C=O) groups excluding carboxylic acids is 1. The molecule has 1 aromatic rings. The first-order chi connectivity index (χ1) is 8.43. The fourth-order valence-electron chi connectivity index (χ4n) is 1.38. The lowest BCUT2D eigenvalue weighted by Crippen LogP contribution is -2.42. The number of hydrogen-bond donors (Lipinski definition) is 3. The van der Waals surface area contributed by atoms with Gasteiger partial charge in [-0.15, -0.1) is 0 Å². The lowest BCUT2D eigenvalue weighted by atomic mass is 10.2. The van der Waals surface area contributed by atoms with Gasteiger partial charge in [-0.1, -0.05) is 13.0 Å². The molecule has 0 heterocycles. The van der Waals surface area contributed by atoms with Crippen molar-refractivity contribution in [3.8, 4) is 0 Å². The summed E-state index contributed by atoms with van der Waals surface area (Å²) >= 11 is 3.33. The molecule has 1 unspecified atom stereocenters. The van der Waals surface area contributed by atoms with E-state index in [-0.39, 0.29) is 0 Å². The molecule has 0 aliphatic rings. The number of aliphatic carboxylic acids is 1. The molecule has 5 nitrogen and oxygen atoms in total. The second-order valence-corrected chi connectivity index (χ2v) is 4.74. The second kappa shape index (κ2) is 6.39. The quantitative estimate of drug-likeness (QED) is 0.799. The van der Waals surface area contributed by atoms with E-state index in [1.165, 1.54) is 0 Å². The van der Waals surface area contributed by atoms with Gasteiger partial charge in [-0.25, -0.2) is 9.59 Å². The van der Waals surface area contributed by atoms with Crippen molar-refractivity contribution in [2.24, 2.45) is 0 Å². The molecule has 0 aliphatic carbocycles. The first-order valence-corrected chi connectivity index (χ1v) is 6.29. The van der Waals surface area contributed by atoms with Gasteiger partial charge in [0.25, 0.3) is 0 Å². The van der Waals surface area contributed by atoms with Crippen LogP contribution in [0.15, 0.2) is 22.7 Å². The molecule has 0 bridgehead atoms. The molecule has 1 aromatic carbocycles. The SMILES string of the molecule is CCC(NC(=O)Nc1ccc(C)cc1Br)C(=O)O. The van der Waals surface area contributed by atoms with Crippen LogP contribution in [0.25, 0.3) is 0 Å². The Morgan fingerprint density at radius 2 is 2.11 bits per heavy atom. The zero-order valence-electron chi connectivity index (χ0n) is 10.2. The smallest absolute Gasteiger partial charge is 0.326 e. The molecule has 0 aliphatic heterocycles. The summed E-state index contributed by atoms with van der Waals surface area (Å²) < 4.78 is 0.751. The summed E-state index contributed by atoms with van der Waals surface area (Å²) in [5, 5.41) is 13.8. The number of urea groups is 1. The third-order valence-corrected chi connectivity index (χ3v) is 3.04. The van der Waals surface area contributed by atoms with Crippen LogP contribution < -0.4 is 10.6 Å². The van der Waals surface area contributed by atoms with Crippen LogP contribution in [0, 0.1) is 6.92 Å². The molecule has 0 spiro atoms. The van der Waals surface area contributed by atoms with Crippen molar-refractivity contribution in [2.45, 2.75) is 26.3 Å². The third-order valence-electron chi connectivity index (χ3n) is 2.38. The molecule has 1 atom stereocenters. The van der Waals surface area contributed by atoms with Gasteiger partial charge in [-0.05, 0) is 47.0 Å². The molecule has 0 fully saturated rings. The number of hydrogen-bond acceptors (Lipinski definition) is 2. The number of nitrogens with one attached hydrogen (secondary N) is 2. The molecule has 2 amide bonds. The number of carboxylic acid groups (broad SMARTS) is 1. The van der Waals surface area contributed by atoms with Crippen molar-refractivity contribution in [1.82, 2.24) is 5.32 Å². The Labute approximate surface area is 114 Å². The molecule has 0 aromatic heterocycles. The Hall–Kier alpha value is -1.56. The van der Waals surface area contributed by atoms with Crippen LogP contribution >= 0.6 is 15.9 Å². The van der Waals surface area contributed by atoms with Gasteiger partial charge in [0.05, 0.1) is 5.69 Å². The average Bonchev–Trinajstić information content (AvgIpc) is 2.29. The standard InChI is InChI=1S/C12H15BrN2O3/c1-3-9(11(16)17)14-12(18)15-10-5-4-7(2)6-8(10)13/h4-6,9H,3H2,1-2H3,(H,16,17)(H2,14,15,18). The van der Waals surface area contributed by atoms with Gasteiger partial charge in [-0.3, -0.25) is 0 Å². The van der Waals surface area contributed by atoms with Crippen LogP contribution in [0.4, 0.5) is 10.5 Å². The summed E-state index contributed by atoms with van der Waals surface area (Å²) in [7, 11) is 0. The van der Waals surface area contributed by atoms with Crippen molar-refractivity contribution in [2.75, 3.05) is 5.32 Å². The Kier molecular flexibility index (Phi) is 5.15. The summed E-state index contributed by atoms with van der Waals surface area (Å²) in [6.45, 7) is 3.63. The molecular weight excluding hydrogens is 300 g/mol. The van der Waals surface area contributed by atoms with E-state index in [1.807, 2.05) is 19.1 Å². The molecule has 0 radical (unpaired) electrons. The largest absolute Gasteiger partial charge is 0.480 e. The highest BCUT2D eigenvalue weighted by Gasteiger charge is 2.17. The Bertz CT molecular complexity index is 463. The maximum Gasteiger partial charge on any atom is 0.326 e. The van der Waals surface area contributed by atoms with Gasteiger partial charge in [0.1, 0.15) is 6.04 Å². The van der Waals surface area contributed by atoms with Crippen molar-refractivity contribution in [3.63, 3.8) is 0 Å². The van der Waals surface area contributed by atoms with Crippen LogP contribution in [0.1, 0.15) is 18.9 Å². The minimum absolute atomic E-state index is 0.331. The van der Waals surface area contributed by atoms with E-state index < -0.39 is 18.0 Å². The van der Waals surface area contributed by atoms with Crippen LogP contribution in [0.5, 0.6) is 0 Å². The lowest BCUT2D eigenvalue weighted by Gasteiger charge is -2.14. The number of halogens is 1. The molecule has 18 heavy (non-hydrogen) atoms. The Morgan fingerprint density at radius 1 is 1.44 bits per heavy atom. The van der Waals surface area contributed by atoms with E-state index in [0.717, 1.165) is 10.0 Å². The van der Waals surface area contributed by atoms with Gasteiger partial charge in [0, 0.05) is 4.47 Å². The highest BCUT2D eigenvalue weighted by Crippen LogP contribution is 2.23. The topological polar surface area (TPSA) is 78.4 Å². The molecule has 0 saturated heterocycles. The van der Waals surface area contributed by atoms with Gasteiger partial charge in [0.2, 0.25) is 0 Å². The van der Waals surface area contributed by atoms with Crippen molar-refractivity contribution >= 4 is 33.6 Å². The maximum atomic E-state index is 11.6. The van der Waals surface area contributed by atoms with Gasteiger partial charge >= 0.3 is 12.0 Å².